The number of rotatable bonds is 7. The van der Waals surface area contributed by atoms with Gasteiger partial charge in [-0.25, -0.2) is 0 Å². The third-order valence-electron chi connectivity index (χ3n) is 3.46. The first kappa shape index (κ1) is 16.0. The molecule has 1 N–H and O–H groups in total. The standard InChI is InChI=1S/C18H22ClNO/c1-3-21-13-17-7-5-4-6-16(17)12-20-11-15-9-8-14(2)18(19)10-15/h4-10,20H,3,11-13H2,1-2H3. The SMILES string of the molecule is CCOCc1ccccc1CNCc1ccc(C)c(Cl)c1. The maximum atomic E-state index is 6.15. The second-order valence-corrected chi connectivity index (χ2v) is 5.50. The molecule has 0 saturated carbocycles. The van der Waals surface area contributed by atoms with Gasteiger partial charge in [0, 0.05) is 24.7 Å². The van der Waals surface area contributed by atoms with E-state index in [4.69, 9.17) is 16.3 Å². The first-order valence-electron chi connectivity index (χ1n) is 7.31. The first-order valence-corrected chi connectivity index (χ1v) is 7.68. The molecule has 3 heteroatoms. The Balaban J connectivity index is 1.92. The van der Waals surface area contributed by atoms with Crippen molar-refractivity contribution in [2.75, 3.05) is 6.61 Å². The Morgan fingerprint density at radius 1 is 1.05 bits per heavy atom. The number of benzene rings is 2. The fourth-order valence-electron chi connectivity index (χ4n) is 2.17. The lowest BCUT2D eigenvalue weighted by atomic mass is 10.1. The molecule has 0 aromatic heterocycles. The molecule has 0 saturated heterocycles. The summed E-state index contributed by atoms with van der Waals surface area (Å²) in [5.41, 5.74) is 4.84. The van der Waals surface area contributed by atoms with E-state index >= 15 is 0 Å². The Hall–Kier alpha value is -1.35. The largest absolute Gasteiger partial charge is 0.377 e. The molecule has 2 aromatic rings. The van der Waals surface area contributed by atoms with Gasteiger partial charge >= 0.3 is 0 Å². The zero-order valence-corrected chi connectivity index (χ0v) is 13.4. The van der Waals surface area contributed by atoms with Crippen molar-refractivity contribution in [3.05, 3.63) is 69.7 Å². The molecule has 0 spiro atoms. The lowest BCUT2D eigenvalue weighted by Gasteiger charge is -2.11. The summed E-state index contributed by atoms with van der Waals surface area (Å²) < 4.78 is 5.51. The highest BCUT2D eigenvalue weighted by Gasteiger charge is 2.02. The highest BCUT2D eigenvalue weighted by Crippen LogP contribution is 2.17. The van der Waals surface area contributed by atoms with Crippen molar-refractivity contribution in [3.63, 3.8) is 0 Å². The van der Waals surface area contributed by atoms with Gasteiger partial charge < -0.3 is 10.1 Å². The van der Waals surface area contributed by atoms with Crippen LogP contribution in [0.3, 0.4) is 0 Å². The third kappa shape index (κ3) is 4.85. The molecule has 0 aliphatic heterocycles. The smallest absolute Gasteiger partial charge is 0.0719 e. The summed E-state index contributed by atoms with van der Waals surface area (Å²) in [7, 11) is 0. The normalized spacial score (nSPS) is 10.8. The van der Waals surface area contributed by atoms with Crippen molar-refractivity contribution < 1.29 is 4.74 Å². The van der Waals surface area contributed by atoms with Crippen LogP contribution in [0.25, 0.3) is 0 Å². The van der Waals surface area contributed by atoms with E-state index in [-0.39, 0.29) is 0 Å². The van der Waals surface area contributed by atoms with Gasteiger partial charge in [0.1, 0.15) is 0 Å². The highest BCUT2D eigenvalue weighted by molar-refractivity contribution is 6.31. The van der Waals surface area contributed by atoms with Crippen LogP contribution in [0.15, 0.2) is 42.5 Å². The number of halogens is 1. The quantitative estimate of drug-likeness (QED) is 0.814. The van der Waals surface area contributed by atoms with Gasteiger partial charge in [-0.15, -0.1) is 0 Å². The molecule has 0 aliphatic carbocycles. The van der Waals surface area contributed by atoms with Crippen molar-refractivity contribution in [1.82, 2.24) is 5.32 Å². The van der Waals surface area contributed by atoms with Gasteiger partial charge in [0.05, 0.1) is 6.61 Å². The average Bonchev–Trinajstić information content (AvgIpc) is 2.50. The van der Waals surface area contributed by atoms with Crippen LogP contribution in [0.5, 0.6) is 0 Å². The van der Waals surface area contributed by atoms with Crippen LogP contribution in [0.4, 0.5) is 0 Å². The van der Waals surface area contributed by atoms with Gasteiger partial charge in [-0.3, -0.25) is 0 Å². The predicted molar refractivity (Wildman–Crippen MR) is 88.5 cm³/mol. The summed E-state index contributed by atoms with van der Waals surface area (Å²) in [5, 5.41) is 4.29. The Morgan fingerprint density at radius 2 is 1.81 bits per heavy atom. The minimum Gasteiger partial charge on any atom is -0.377 e. The molecule has 0 unspecified atom stereocenters. The molecule has 0 atom stereocenters. The maximum Gasteiger partial charge on any atom is 0.0719 e. The fourth-order valence-corrected chi connectivity index (χ4v) is 2.37. The summed E-state index contributed by atoms with van der Waals surface area (Å²) in [4.78, 5) is 0. The average molecular weight is 304 g/mol. The Kier molecular flexibility index (Phi) is 6.24. The van der Waals surface area contributed by atoms with E-state index in [2.05, 4.69) is 41.7 Å². The second kappa shape index (κ2) is 8.18. The van der Waals surface area contributed by atoms with Crippen LogP contribution in [-0.4, -0.2) is 6.61 Å². The molecule has 112 valence electrons. The molecule has 0 heterocycles. The first-order chi connectivity index (χ1) is 10.2. The molecule has 2 aromatic carbocycles. The van der Waals surface area contributed by atoms with Crippen LogP contribution in [-0.2, 0) is 24.4 Å². The summed E-state index contributed by atoms with van der Waals surface area (Å²) in [5.74, 6) is 0. The molecular weight excluding hydrogens is 282 g/mol. The lowest BCUT2D eigenvalue weighted by molar-refractivity contribution is 0.133. The Morgan fingerprint density at radius 3 is 2.52 bits per heavy atom. The van der Waals surface area contributed by atoms with Crippen molar-refractivity contribution in [2.24, 2.45) is 0 Å². The van der Waals surface area contributed by atoms with E-state index in [1.54, 1.807) is 0 Å². The van der Waals surface area contributed by atoms with Crippen molar-refractivity contribution in [1.29, 1.82) is 0 Å². The summed E-state index contributed by atoms with van der Waals surface area (Å²) in [6.07, 6.45) is 0. The monoisotopic (exact) mass is 303 g/mol. The number of nitrogens with one attached hydrogen (secondary N) is 1. The Bertz CT molecular complexity index is 583. The molecule has 0 fully saturated rings. The minimum absolute atomic E-state index is 0.671. The van der Waals surface area contributed by atoms with Crippen molar-refractivity contribution in [2.45, 2.75) is 33.5 Å². The fraction of sp³-hybridized carbons (Fsp3) is 0.333. The number of aryl methyl sites for hydroxylation is 1. The van der Waals surface area contributed by atoms with Crippen molar-refractivity contribution >= 4 is 11.6 Å². The zero-order valence-electron chi connectivity index (χ0n) is 12.7. The molecule has 0 radical (unpaired) electrons. The van der Waals surface area contributed by atoms with E-state index in [0.717, 1.165) is 30.3 Å². The van der Waals surface area contributed by atoms with Crippen LogP contribution in [0, 0.1) is 6.92 Å². The van der Waals surface area contributed by atoms with Crippen LogP contribution in [0.1, 0.15) is 29.2 Å². The predicted octanol–water partition coefficient (Wildman–Crippen LogP) is 4.47. The van der Waals surface area contributed by atoms with Gasteiger partial charge in [0.2, 0.25) is 0 Å². The Labute approximate surface area is 132 Å². The van der Waals surface area contributed by atoms with E-state index in [0.29, 0.717) is 6.61 Å². The van der Waals surface area contributed by atoms with E-state index in [1.165, 1.54) is 16.7 Å². The highest BCUT2D eigenvalue weighted by atomic mass is 35.5. The topological polar surface area (TPSA) is 21.3 Å². The van der Waals surface area contributed by atoms with Crippen LogP contribution >= 0.6 is 11.6 Å². The van der Waals surface area contributed by atoms with E-state index < -0.39 is 0 Å². The zero-order chi connectivity index (χ0) is 15.1. The summed E-state index contributed by atoms with van der Waals surface area (Å²) >= 11 is 6.15. The maximum absolute atomic E-state index is 6.15. The minimum atomic E-state index is 0.671. The molecule has 21 heavy (non-hydrogen) atoms. The van der Waals surface area contributed by atoms with Crippen LogP contribution < -0.4 is 5.32 Å². The summed E-state index contributed by atoms with van der Waals surface area (Å²) in [6, 6.07) is 14.6. The molecule has 0 amide bonds. The molecule has 2 nitrogen and oxygen atoms in total. The van der Waals surface area contributed by atoms with Gasteiger partial charge in [-0.1, -0.05) is 48.0 Å². The van der Waals surface area contributed by atoms with E-state index in [1.807, 2.05) is 19.9 Å². The molecular formula is C18H22ClNO. The van der Waals surface area contributed by atoms with Gasteiger partial charge in [-0.2, -0.15) is 0 Å². The van der Waals surface area contributed by atoms with Crippen molar-refractivity contribution in [3.8, 4) is 0 Å². The molecule has 2 rings (SSSR count). The number of hydrogen-bond donors (Lipinski definition) is 1. The van der Waals surface area contributed by atoms with Gasteiger partial charge in [0.15, 0.2) is 0 Å². The second-order valence-electron chi connectivity index (χ2n) is 5.09. The number of hydrogen-bond acceptors (Lipinski definition) is 2. The van der Waals surface area contributed by atoms with Crippen LogP contribution in [0.2, 0.25) is 5.02 Å². The lowest BCUT2D eigenvalue weighted by Crippen LogP contribution is -2.14. The molecule has 0 bridgehead atoms. The third-order valence-corrected chi connectivity index (χ3v) is 3.87. The van der Waals surface area contributed by atoms with Gasteiger partial charge in [-0.05, 0) is 42.2 Å². The van der Waals surface area contributed by atoms with Gasteiger partial charge in [0.25, 0.3) is 0 Å². The molecule has 0 aliphatic rings. The number of ether oxygens (including phenoxy) is 1. The van der Waals surface area contributed by atoms with E-state index in [9.17, 15) is 0 Å². The summed E-state index contributed by atoms with van der Waals surface area (Å²) in [6.45, 7) is 7.08.